The summed E-state index contributed by atoms with van der Waals surface area (Å²) >= 11 is 3.38. The molecule has 0 saturated carbocycles. The molecule has 0 aliphatic carbocycles. The summed E-state index contributed by atoms with van der Waals surface area (Å²) in [5.41, 5.74) is 0. The minimum Gasteiger partial charge on any atom is -0.550 e. The van der Waals surface area contributed by atoms with Gasteiger partial charge in [0.1, 0.15) is 0 Å². The fourth-order valence-electron chi connectivity index (χ4n) is 0.241. The molecule has 0 heterocycles. The van der Waals surface area contributed by atoms with Crippen LogP contribution < -0.4 is 98.9 Å². The van der Waals surface area contributed by atoms with Crippen molar-refractivity contribution in [2.45, 2.75) is 11.7 Å². The first kappa shape index (κ1) is 23.8. The Bertz CT molecular complexity index is 142. The molecule has 0 amide bonds. The molecule has 1 unspecified atom stereocenters. The Labute approximate surface area is 142 Å². The predicted molar refractivity (Wildman–Crippen MR) is 27.4 cm³/mol. The van der Waals surface area contributed by atoms with Gasteiger partial charge in [-0.15, -0.1) is 0 Å². The second kappa shape index (κ2) is 13.3. The maximum absolute atomic E-state index is 9.76. The van der Waals surface area contributed by atoms with Crippen LogP contribution in [0.4, 0.5) is 0 Å². The third-order valence-electron chi connectivity index (χ3n) is 0.632. The first-order valence-corrected chi connectivity index (χ1v) is 2.64. The van der Waals surface area contributed by atoms with Crippen molar-refractivity contribution in [3.8, 4) is 0 Å². The molecule has 0 bridgehead atoms. The van der Waals surface area contributed by atoms with Gasteiger partial charge in [0.05, 0.1) is 5.97 Å². The van der Waals surface area contributed by atoms with Crippen LogP contribution in [0.3, 0.4) is 0 Å². The monoisotopic (exact) mass is 217 g/mol. The van der Waals surface area contributed by atoms with E-state index >= 15 is 0 Å². The SMILES string of the molecule is O=C([O-])CC(S)C(=O)[O-].[Na+].[Na+].[Na+]. The van der Waals surface area contributed by atoms with Crippen molar-refractivity contribution >= 4 is 24.6 Å². The number of hydrogen-bond acceptors (Lipinski definition) is 5. The average molecular weight is 217 g/mol. The van der Waals surface area contributed by atoms with Gasteiger partial charge >= 0.3 is 88.7 Å². The van der Waals surface area contributed by atoms with Gasteiger partial charge in [0.15, 0.2) is 0 Å². The van der Waals surface area contributed by atoms with E-state index in [0.717, 1.165) is 0 Å². The molecule has 0 rings (SSSR count). The number of hydrogen-bond donors (Lipinski definition) is 1. The maximum atomic E-state index is 9.76. The Balaban J connectivity index is -0.000000107. The summed E-state index contributed by atoms with van der Waals surface area (Å²) in [6.07, 6.45) is -0.620. The Hall–Kier alpha value is 2.29. The summed E-state index contributed by atoms with van der Waals surface area (Å²) in [6.45, 7) is 0. The molecule has 0 aromatic heterocycles. The van der Waals surface area contributed by atoms with Gasteiger partial charge in [-0.05, 0) is 0 Å². The molecule has 4 nitrogen and oxygen atoms in total. The number of thiol groups is 1. The molecule has 1 atom stereocenters. The second-order valence-corrected chi connectivity index (χ2v) is 2.03. The van der Waals surface area contributed by atoms with Crippen molar-refractivity contribution in [3.05, 3.63) is 0 Å². The van der Waals surface area contributed by atoms with Crippen molar-refractivity contribution in [1.29, 1.82) is 0 Å². The zero-order valence-electron chi connectivity index (χ0n) is 7.36. The Morgan fingerprint density at radius 1 is 1.17 bits per heavy atom. The molecular weight excluding hydrogens is 213 g/mol. The van der Waals surface area contributed by atoms with E-state index in [1.54, 1.807) is 0 Å². The van der Waals surface area contributed by atoms with Gasteiger partial charge in [-0.1, -0.05) is 0 Å². The molecule has 0 fully saturated rings. The van der Waals surface area contributed by atoms with Gasteiger partial charge in [0, 0.05) is 17.6 Å². The van der Waals surface area contributed by atoms with Crippen LogP contribution in [0.2, 0.25) is 0 Å². The maximum Gasteiger partial charge on any atom is 1.00 e. The second-order valence-electron chi connectivity index (χ2n) is 1.41. The van der Waals surface area contributed by atoms with E-state index < -0.39 is 23.6 Å². The average Bonchev–Trinajstić information content (AvgIpc) is 1.63. The zero-order chi connectivity index (χ0) is 7.44. The number of rotatable bonds is 3. The topological polar surface area (TPSA) is 80.3 Å². The fraction of sp³-hybridized carbons (Fsp3) is 0.500. The van der Waals surface area contributed by atoms with Crippen molar-refractivity contribution in [1.82, 2.24) is 0 Å². The molecule has 8 heteroatoms. The summed E-state index contributed by atoms with van der Waals surface area (Å²) in [7, 11) is 0. The van der Waals surface area contributed by atoms with Crippen molar-refractivity contribution < 1.29 is 108 Å². The van der Waals surface area contributed by atoms with Crippen LogP contribution in [0, 0.1) is 0 Å². The number of aliphatic carboxylic acids is 2. The van der Waals surface area contributed by atoms with E-state index in [1.807, 2.05) is 0 Å². The van der Waals surface area contributed by atoms with Gasteiger partial charge in [0.2, 0.25) is 0 Å². The van der Waals surface area contributed by atoms with Gasteiger partial charge in [-0.2, -0.15) is 12.6 Å². The minimum atomic E-state index is -1.50. The van der Waals surface area contributed by atoms with Crippen molar-refractivity contribution in [3.63, 3.8) is 0 Å². The smallest absolute Gasteiger partial charge is 0.550 e. The summed E-state index contributed by atoms with van der Waals surface area (Å²) in [4.78, 5) is 19.4. The third-order valence-corrected chi connectivity index (χ3v) is 1.03. The van der Waals surface area contributed by atoms with Crippen molar-refractivity contribution in [2.75, 3.05) is 0 Å². The van der Waals surface area contributed by atoms with Gasteiger partial charge in [-0.25, -0.2) is 0 Å². The quantitative estimate of drug-likeness (QED) is 0.376. The molecule has 0 aliphatic rings. The number of carbonyl (C=O) groups excluding carboxylic acids is 2. The number of carbonyl (C=O) groups is 2. The van der Waals surface area contributed by atoms with Gasteiger partial charge < -0.3 is 19.8 Å². The van der Waals surface area contributed by atoms with E-state index in [0.29, 0.717) is 0 Å². The number of carboxylic acids is 2. The van der Waals surface area contributed by atoms with Crippen LogP contribution in [-0.2, 0) is 9.59 Å². The van der Waals surface area contributed by atoms with Crippen LogP contribution in [0.15, 0.2) is 0 Å². The van der Waals surface area contributed by atoms with Crippen LogP contribution in [0.25, 0.3) is 0 Å². The molecule has 52 valence electrons. The predicted octanol–water partition coefficient (Wildman–Crippen LogP) is -11.8. The van der Waals surface area contributed by atoms with Crippen molar-refractivity contribution in [2.24, 2.45) is 0 Å². The molecule has 0 radical (unpaired) electrons. The molecule has 12 heavy (non-hydrogen) atoms. The van der Waals surface area contributed by atoms with E-state index in [-0.39, 0.29) is 88.7 Å². The van der Waals surface area contributed by atoms with Crippen LogP contribution >= 0.6 is 12.6 Å². The Kier molecular flexibility index (Phi) is 26.4. The number of carboxylic acid groups (broad SMARTS) is 2. The summed E-state index contributed by atoms with van der Waals surface area (Å²) in [5.74, 6) is -2.94. The fourth-order valence-corrected chi connectivity index (χ4v) is 0.390. The van der Waals surface area contributed by atoms with Crippen LogP contribution in [-0.4, -0.2) is 17.2 Å². The standard InChI is InChI=1S/C4H6O4S.3Na/c5-3(6)1-2(9)4(7)8;;;/h2,9H,1H2,(H,5,6)(H,7,8);;;/q;3*+1/p-2. The molecule has 0 saturated heterocycles. The molecular formula is C4H4Na3O4S+. The largest absolute Gasteiger partial charge is 1.00 e. The molecule has 0 spiro atoms. The van der Waals surface area contributed by atoms with Crippen LogP contribution in [0.1, 0.15) is 6.42 Å². The third kappa shape index (κ3) is 14.8. The van der Waals surface area contributed by atoms with Crippen LogP contribution in [0.5, 0.6) is 0 Å². The molecule has 0 aromatic rings. The van der Waals surface area contributed by atoms with E-state index in [2.05, 4.69) is 12.6 Å². The summed E-state index contributed by atoms with van der Waals surface area (Å²) < 4.78 is 0. The van der Waals surface area contributed by atoms with E-state index in [1.165, 1.54) is 0 Å². The zero-order valence-corrected chi connectivity index (χ0v) is 14.3. The first-order chi connectivity index (χ1) is 4.04. The first-order valence-electron chi connectivity index (χ1n) is 2.13. The summed E-state index contributed by atoms with van der Waals surface area (Å²) in [5, 5.41) is 18.2. The Morgan fingerprint density at radius 2 is 1.50 bits per heavy atom. The summed E-state index contributed by atoms with van der Waals surface area (Å²) in [6, 6.07) is 0. The minimum absolute atomic E-state index is 0. The Morgan fingerprint density at radius 3 is 1.58 bits per heavy atom. The molecule has 0 N–H and O–H groups in total. The van der Waals surface area contributed by atoms with Gasteiger partial charge in [-0.3, -0.25) is 0 Å². The van der Waals surface area contributed by atoms with E-state index in [4.69, 9.17) is 0 Å². The van der Waals surface area contributed by atoms with E-state index in [9.17, 15) is 19.8 Å². The molecule has 0 aliphatic heterocycles. The van der Waals surface area contributed by atoms with Gasteiger partial charge in [0.25, 0.3) is 0 Å². The normalized spacial score (nSPS) is 9.42. The molecule has 0 aromatic carbocycles.